The number of rotatable bonds is 1. The Labute approximate surface area is 159 Å². The van der Waals surface area contributed by atoms with Gasteiger partial charge in [0, 0.05) is 25.1 Å². The summed E-state index contributed by atoms with van der Waals surface area (Å²) < 4.78 is 0. The highest BCUT2D eigenvalue weighted by molar-refractivity contribution is 5.98. The van der Waals surface area contributed by atoms with Crippen LogP contribution in [0, 0.1) is 11.3 Å². The summed E-state index contributed by atoms with van der Waals surface area (Å²) in [6, 6.07) is 20.1. The summed E-state index contributed by atoms with van der Waals surface area (Å²) in [6.45, 7) is 2.13. The van der Waals surface area contributed by atoms with Crippen LogP contribution in [0.3, 0.4) is 0 Å². The summed E-state index contributed by atoms with van der Waals surface area (Å²) >= 11 is 0. The number of nitriles is 1. The first-order chi connectivity index (χ1) is 13.4. The molecular weight excluding hydrogens is 328 g/mol. The van der Waals surface area contributed by atoms with Gasteiger partial charge >= 0.3 is 0 Å². The van der Waals surface area contributed by atoms with E-state index in [4.69, 9.17) is 0 Å². The molecule has 27 heavy (non-hydrogen) atoms. The minimum atomic E-state index is 0.906. The van der Waals surface area contributed by atoms with Crippen LogP contribution in [-0.4, -0.2) is 13.1 Å². The third-order valence-electron chi connectivity index (χ3n) is 6.52. The van der Waals surface area contributed by atoms with Gasteiger partial charge in [0.1, 0.15) is 6.07 Å². The molecule has 0 aromatic heterocycles. The molecule has 2 heteroatoms. The van der Waals surface area contributed by atoms with E-state index in [9.17, 15) is 5.26 Å². The van der Waals surface area contributed by atoms with Crippen LogP contribution < -0.4 is 4.90 Å². The van der Waals surface area contributed by atoms with Gasteiger partial charge in [-0.2, -0.15) is 5.26 Å². The van der Waals surface area contributed by atoms with Crippen LogP contribution >= 0.6 is 0 Å². The maximum absolute atomic E-state index is 10.2. The van der Waals surface area contributed by atoms with Crippen molar-refractivity contribution in [1.82, 2.24) is 0 Å². The lowest BCUT2D eigenvalue weighted by Crippen LogP contribution is -2.21. The fourth-order valence-corrected chi connectivity index (χ4v) is 5.43. The summed E-state index contributed by atoms with van der Waals surface area (Å²) in [5, 5.41) is 10.2. The third kappa shape index (κ3) is 1.95. The van der Waals surface area contributed by atoms with Crippen molar-refractivity contribution in [2.45, 2.75) is 25.7 Å². The molecule has 2 aliphatic carbocycles. The van der Waals surface area contributed by atoms with Crippen LogP contribution in [0.2, 0.25) is 0 Å². The topological polar surface area (TPSA) is 27.0 Å². The highest BCUT2D eigenvalue weighted by Crippen LogP contribution is 2.53. The molecule has 0 spiro atoms. The highest BCUT2D eigenvalue weighted by Gasteiger charge is 2.35. The molecular formula is C25H20N2. The molecule has 130 valence electrons. The molecule has 2 nitrogen and oxygen atoms in total. The first-order valence-corrected chi connectivity index (χ1v) is 9.90. The van der Waals surface area contributed by atoms with Crippen molar-refractivity contribution in [2.24, 2.45) is 0 Å². The van der Waals surface area contributed by atoms with Gasteiger partial charge in [-0.3, -0.25) is 0 Å². The maximum Gasteiger partial charge on any atom is 0.102 e. The van der Waals surface area contributed by atoms with E-state index in [-0.39, 0.29) is 0 Å². The first-order valence-electron chi connectivity index (χ1n) is 9.90. The normalized spacial score (nSPS) is 15.9. The Morgan fingerprint density at radius 1 is 0.741 bits per heavy atom. The van der Waals surface area contributed by atoms with Gasteiger partial charge in [-0.25, -0.2) is 0 Å². The molecule has 1 saturated heterocycles. The zero-order valence-corrected chi connectivity index (χ0v) is 15.3. The van der Waals surface area contributed by atoms with Gasteiger partial charge in [0.25, 0.3) is 0 Å². The Bertz CT molecular complexity index is 1140. The minimum Gasteiger partial charge on any atom is -0.370 e. The molecule has 0 unspecified atom stereocenters. The molecule has 0 N–H and O–H groups in total. The number of fused-ring (bicyclic) bond motifs is 7. The molecule has 1 heterocycles. The van der Waals surface area contributed by atoms with Crippen LogP contribution in [0.1, 0.15) is 40.7 Å². The summed E-state index contributed by atoms with van der Waals surface area (Å²) in [4.78, 5) is 2.48. The molecule has 1 aliphatic heterocycles. The van der Waals surface area contributed by atoms with E-state index in [0.29, 0.717) is 0 Å². The average Bonchev–Trinajstić information content (AvgIpc) is 3.42. The predicted octanol–water partition coefficient (Wildman–Crippen LogP) is 5.30. The van der Waals surface area contributed by atoms with Gasteiger partial charge in [0.2, 0.25) is 0 Å². The molecule has 1 fully saturated rings. The Hall–Kier alpha value is -3.05. The van der Waals surface area contributed by atoms with E-state index >= 15 is 0 Å². The molecule has 0 atom stereocenters. The van der Waals surface area contributed by atoms with E-state index in [2.05, 4.69) is 59.5 Å². The lowest BCUT2D eigenvalue weighted by atomic mass is 9.89. The lowest BCUT2D eigenvalue weighted by Gasteiger charge is -2.25. The predicted molar refractivity (Wildman–Crippen MR) is 109 cm³/mol. The van der Waals surface area contributed by atoms with E-state index < -0.39 is 0 Å². The zero-order chi connectivity index (χ0) is 18.0. The van der Waals surface area contributed by atoms with Gasteiger partial charge in [0.15, 0.2) is 0 Å². The van der Waals surface area contributed by atoms with Gasteiger partial charge < -0.3 is 4.90 Å². The second kappa shape index (κ2) is 5.47. The van der Waals surface area contributed by atoms with Gasteiger partial charge in [-0.05, 0) is 58.2 Å². The maximum atomic E-state index is 10.2. The van der Waals surface area contributed by atoms with Crippen molar-refractivity contribution in [3.05, 3.63) is 76.3 Å². The molecule has 6 rings (SSSR count). The Kier molecular flexibility index (Phi) is 3.05. The number of anilines is 1. The smallest absolute Gasteiger partial charge is 0.102 e. The summed E-state index contributed by atoms with van der Waals surface area (Å²) in [5.41, 5.74) is 12.9. The number of benzene rings is 3. The highest BCUT2D eigenvalue weighted by atomic mass is 15.1. The van der Waals surface area contributed by atoms with E-state index in [1.165, 1.54) is 63.0 Å². The SMILES string of the molecule is N#Cc1c2c(c3c(c1N1CCCC1)Cc1ccccc1-3)Cc1ccccc1-2. The summed E-state index contributed by atoms with van der Waals surface area (Å²) in [6.07, 6.45) is 4.34. The molecule has 0 amide bonds. The van der Waals surface area contributed by atoms with E-state index in [1.807, 2.05) is 0 Å². The van der Waals surface area contributed by atoms with Crippen LogP contribution in [0.5, 0.6) is 0 Å². The minimum absolute atomic E-state index is 0.906. The second-order valence-corrected chi connectivity index (χ2v) is 7.90. The van der Waals surface area contributed by atoms with Crippen molar-refractivity contribution >= 4 is 5.69 Å². The number of hydrogen-bond donors (Lipinski definition) is 0. The Morgan fingerprint density at radius 3 is 2.00 bits per heavy atom. The van der Waals surface area contributed by atoms with Crippen molar-refractivity contribution in [1.29, 1.82) is 5.26 Å². The molecule has 3 aromatic carbocycles. The van der Waals surface area contributed by atoms with Crippen LogP contribution in [0.4, 0.5) is 5.69 Å². The summed E-state index contributed by atoms with van der Waals surface area (Å²) in [7, 11) is 0. The van der Waals surface area contributed by atoms with Crippen molar-refractivity contribution in [3.8, 4) is 28.3 Å². The Morgan fingerprint density at radius 2 is 1.33 bits per heavy atom. The number of hydrogen-bond acceptors (Lipinski definition) is 2. The fourth-order valence-electron chi connectivity index (χ4n) is 5.43. The van der Waals surface area contributed by atoms with Gasteiger partial charge in [0.05, 0.1) is 11.3 Å². The second-order valence-electron chi connectivity index (χ2n) is 7.90. The first kappa shape index (κ1) is 15.1. The largest absolute Gasteiger partial charge is 0.370 e. The van der Waals surface area contributed by atoms with E-state index in [0.717, 1.165) is 31.5 Å². The third-order valence-corrected chi connectivity index (χ3v) is 6.52. The Balaban J connectivity index is 1.74. The fraction of sp³-hybridized carbons (Fsp3) is 0.240. The van der Waals surface area contributed by atoms with E-state index in [1.54, 1.807) is 0 Å². The quantitative estimate of drug-likeness (QED) is 0.411. The number of nitrogens with zero attached hydrogens (tertiary/aromatic N) is 2. The van der Waals surface area contributed by atoms with Crippen molar-refractivity contribution in [3.63, 3.8) is 0 Å². The molecule has 3 aromatic rings. The lowest BCUT2D eigenvalue weighted by molar-refractivity contribution is 0.949. The monoisotopic (exact) mass is 348 g/mol. The van der Waals surface area contributed by atoms with Gasteiger partial charge in [-0.15, -0.1) is 0 Å². The van der Waals surface area contributed by atoms with Crippen molar-refractivity contribution < 1.29 is 0 Å². The summed E-state index contributed by atoms with van der Waals surface area (Å²) in [5.74, 6) is 0. The van der Waals surface area contributed by atoms with Crippen molar-refractivity contribution in [2.75, 3.05) is 18.0 Å². The molecule has 0 radical (unpaired) electrons. The average molecular weight is 348 g/mol. The molecule has 0 bridgehead atoms. The molecule has 3 aliphatic rings. The van der Waals surface area contributed by atoms with Gasteiger partial charge in [-0.1, -0.05) is 48.5 Å². The van der Waals surface area contributed by atoms with Crippen LogP contribution in [0.25, 0.3) is 22.3 Å². The van der Waals surface area contributed by atoms with Crippen LogP contribution in [0.15, 0.2) is 48.5 Å². The standard InChI is InChI=1S/C25H20N2/c26-15-22-24-19-10-4-1-7-16(19)13-20(24)23-18-9-3-2-8-17(18)14-21(23)25(22)27-11-5-6-12-27/h1-4,7-10H,5-6,11-14H2. The molecule has 0 saturated carbocycles. The van der Waals surface area contributed by atoms with Crippen LogP contribution in [-0.2, 0) is 12.8 Å². The zero-order valence-electron chi connectivity index (χ0n) is 15.3.